The molecular formula is C3H8HgO. The molecule has 0 unspecified atom stereocenters. The van der Waals surface area contributed by atoms with Gasteiger partial charge in [0.15, 0.2) is 0 Å². The zero-order chi connectivity index (χ0) is 4.12. The van der Waals surface area contributed by atoms with Crippen LogP contribution in [0.4, 0.5) is 0 Å². The van der Waals surface area contributed by atoms with E-state index < -0.39 is 25.0 Å². The predicted molar refractivity (Wildman–Crippen MR) is 17.5 cm³/mol. The zero-order valence-electron chi connectivity index (χ0n) is 3.82. The number of hydrogen-bond acceptors (Lipinski definition) is 1. The maximum absolute atomic E-state index is 4.91. The molecule has 0 N–H and O–H groups in total. The third-order valence-electron chi connectivity index (χ3n) is 0.408. The molecule has 0 aromatic carbocycles. The molecule has 0 heterocycles. The fourth-order valence-electron chi connectivity index (χ4n) is 0.204. The van der Waals surface area contributed by atoms with Crippen LogP contribution in [0.2, 0.25) is 3.93 Å². The molecule has 0 aromatic heterocycles. The van der Waals surface area contributed by atoms with Crippen LogP contribution in [0, 0.1) is 0 Å². The molecule has 0 rings (SSSR count). The Bertz CT molecular complexity index is 14.4. The van der Waals surface area contributed by atoms with E-state index >= 15 is 0 Å². The molecule has 0 aliphatic carbocycles. The van der Waals surface area contributed by atoms with Crippen LogP contribution in [0.1, 0.15) is 6.92 Å². The topological polar surface area (TPSA) is 9.23 Å². The van der Waals surface area contributed by atoms with E-state index in [0.717, 1.165) is 0 Å². The molecule has 0 aromatic rings. The van der Waals surface area contributed by atoms with Crippen molar-refractivity contribution in [3.63, 3.8) is 0 Å². The monoisotopic (exact) mass is 262 g/mol. The van der Waals surface area contributed by atoms with Gasteiger partial charge in [-0.05, 0) is 0 Å². The average molecular weight is 261 g/mol. The van der Waals surface area contributed by atoms with Crippen molar-refractivity contribution in [1.29, 1.82) is 0 Å². The van der Waals surface area contributed by atoms with Gasteiger partial charge in [0.05, 0.1) is 0 Å². The van der Waals surface area contributed by atoms with Crippen molar-refractivity contribution >= 4 is 0 Å². The first-order valence-corrected chi connectivity index (χ1v) is 8.04. The average Bonchev–Trinajstić information content (AvgIpc) is 1.41. The summed E-state index contributed by atoms with van der Waals surface area (Å²) >= 11 is -0.642. The zero-order valence-corrected chi connectivity index (χ0v) is 9.32. The molecular weight excluding hydrogens is 253 g/mol. The summed E-state index contributed by atoms with van der Waals surface area (Å²) < 4.78 is 6.26. The molecule has 2 heteroatoms. The van der Waals surface area contributed by atoms with E-state index in [1.807, 2.05) is 7.11 Å². The third-order valence-corrected chi connectivity index (χ3v) is 3.58. The Balaban J connectivity index is 2.19. The minimum absolute atomic E-state index is 0.642. The Morgan fingerprint density at radius 2 is 2.40 bits per heavy atom. The Morgan fingerprint density at radius 1 is 1.80 bits per heavy atom. The Kier molecular flexibility index (Phi) is 5.77. The molecule has 1 nitrogen and oxygen atoms in total. The number of rotatable bonds is 2. The first-order chi connectivity index (χ1) is 2.41. The van der Waals surface area contributed by atoms with Crippen molar-refractivity contribution in [2.45, 2.75) is 10.9 Å². The molecule has 0 aliphatic heterocycles. The van der Waals surface area contributed by atoms with Crippen LogP contribution in [0.25, 0.3) is 0 Å². The minimum atomic E-state index is -0.642. The Labute approximate surface area is 45.8 Å². The second kappa shape index (κ2) is 4.90. The van der Waals surface area contributed by atoms with Crippen LogP contribution in [0.5, 0.6) is 0 Å². The van der Waals surface area contributed by atoms with Crippen LogP contribution < -0.4 is 0 Å². The van der Waals surface area contributed by atoms with Gasteiger partial charge in [0.2, 0.25) is 0 Å². The van der Waals surface area contributed by atoms with E-state index in [2.05, 4.69) is 6.92 Å². The van der Waals surface area contributed by atoms with Crippen LogP contribution in [0.15, 0.2) is 0 Å². The fourth-order valence-corrected chi connectivity index (χ4v) is 1.79. The summed E-state index contributed by atoms with van der Waals surface area (Å²) in [5, 5.41) is 0. The van der Waals surface area contributed by atoms with Crippen molar-refractivity contribution in [3.05, 3.63) is 0 Å². The summed E-state index contributed by atoms with van der Waals surface area (Å²) in [7, 11) is 1.81. The van der Waals surface area contributed by atoms with Gasteiger partial charge < -0.3 is 0 Å². The van der Waals surface area contributed by atoms with Crippen molar-refractivity contribution in [2.75, 3.05) is 7.11 Å². The van der Waals surface area contributed by atoms with E-state index in [1.165, 1.54) is 3.93 Å². The van der Waals surface area contributed by atoms with Gasteiger partial charge in [-0.25, -0.2) is 0 Å². The van der Waals surface area contributed by atoms with Gasteiger partial charge in [0.1, 0.15) is 0 Å². The first-order valence-electron chi connectivity index (χ1n) is 1.90. The van der Waals surface area contributed by atoms with Gasteiger partial charge in [-0.15, -0.1) is 0 Å². The molecule has 0 fully saturated rings. The molecule has 0 saturated carbocycles. The van der Waals surface area contributed by atoms with Gasteiger partial charge in [-0.1, -0.05) is 0 Å². The van der Waals surface area contributed by atoms with Crippen LogP contribution in [-0.4, -0.2) is 7.11 Å². The molecule has 0 saturated heterocycles. The molecule has 0 spiro atoms. The Hall–Kier alpha value is 0.895. The first kappa shape index (κ1) is 5.90. The maximum atomic E-state index is 4.91. The summed E-state index contributed by atoms with van der Waals surface area (Å²) in [5.74, 6) is 0. The second-order valence-electron chi connectivity index (χ2n) is 0.993. The normalized spacial score (nSPS) is 6.80. The molecule has 0 atom stereocenters. The van der Waals surface area contributed by atoms with Gasteiger partial charge in [0.25, 0.3) is 0 Å². The van der Waals surface area contributed by atoms with Gasteiger partial charge >= 0.3 is 45.6 Å². The summed E-state index contributed by atoms with van der Waals surface area (Å²) in [4.78, 5) is 0. The molecule has 0 amide bonds. The molecule has 28 valence electrons. The van der Waals surface area contributed by atoms with E-state index in [0.29, 0.717) is 0 Å². The third kappa shape index (κ3) is 4.90. The van der Waals surface area contributed by atoms with E-state index in [9.17, 15) is 0 Å². The van der Waals surface area contributed by atoms with E-state index in [4.69, 9.17) is 2.64 Å². The summed E-state index contributed by atoms with van der Waals surface area (Å²) in [5.41, 5.74) is 0. The van der Waals surface area contributed by atoms with Gasteiger partial charge in [-0.3, -0.25) is 0 Å². The van der Waals surface area contributed by atoms with Crippen molar-refractivity contribution in [2.24, 2.45) is 0 Å². The van der Waals surface area contributed by atoms with E-state index in [1.54, 1.807) is 0 Å². The number of hydrogen-bond donors (Lipinski definition) is 0. The second-order valence-corrected chi connectivity index (χ2v) is 8.71. The Morgan fingerprint density at radius 3 is 2.40 bits per heavy atom. The molecule has 5 heavy (non-hydrogen) atoms. The van der Waals surface area contributed by atoms with Crippen LogP contribution in [0.3, 0.4) is 0 Å². The standard InChI is InChI=1S/C2H5.CH3O.Hg/c2*1-2;/h1H2,2H3;1H3;/q;-1;+1. The quantitative estimate of drug-likeness (QED) is 0.675. The van der Waals surface area contributed by atoms with Gasteiger partial charge in [0, 0.05) is 0 Å². The predicted octanol–water partition coefficient (Wildman–Crippen LogP) is 1.07. The SMILES string of the molecule is C[CH2][Hg][O]C. The van der Waals surface area contributed by atoms with Crippen LogP contribution in [-0.2, 0) is 27.7 Å². The van der Waals surface area contributed by atoms with Crippen molar-refractivity contribution in [1.82, 2.24) is 0 Å². The van der Waals surface area contributed by atoms with Crippen LogP contribution >= 0.6 is 0 Å². The summed E-state index contributed by atoms with van der Waals surface area (Å²) in [6.07, 6.45) is 0. The summed E-state index contributed by atoms with van der Waals surface area (Å²) in [6, 6.07) is 0. The van der Waals surface area contributed by atoms with Crippen molar-refractivity contribution < 1.29 is 27.7 Å². The van der Waals surface area contributed by atoms with Gasteiger partial charge in [-0.2, -0.15) is 0 Å². The molecule has 0 aliphatic rings. The van der Waals surface area contributed by atoms with Crippen molar-refractivity contribution in [3.8, 4) is 0 Å². The molecule has 0 radical (unpaired) electrons. The molecule has 0 bridgehead atoms. The summed E-state index contributed by atoms with van der Waals surface area (Å²) in [6.45, 7) is 2.19. The fraction of sp³-hybridized carbons (Fsp3) is 1.00. The van der Waals surface area contributed by atoms with E-state index in [-0.39, 0.29) is 0 Å².